The van der Waals surface area contributed by atoms with Gasteiger partial charge in [-0.15, -0.1) is 0 Å². The molecule has 1 nitrogen and oxygen atoms in total. The first-order valence-electron chi connectivity index (χ1n) is 7.47. The van der Waals surface area contributed by atoms with Gasteiger partial charge in [-0.3, -0.25) is 0 Å². The minimum atomic E-state index is -0.603. The number of rotatable bonds is 2. The van der Waals surface area contributed by atoms with E-state index in [9.17, 15) is 5.11 Å². The first-order chi connectivity index (χ1) is 10.8. The number of aliphatic hydroxyl groups excluding tert-OH is 1. The van der Waals surface area contributed by atoms with Crippen LogP contribution < -0.4 is 0 Å². The van der Waals surface area contributed by atoms with E-state index >= 15 is 0 Å². The molecule has 0 heterocycles. The molecule has 0 saturated heterocycles. The summed E-state index contributed by atoms with van der Waals surface area (Å²) in [6.07, 6.45) is -0.603. The smallest absolute Gasteiger partial charge is 0.104 e. The van der Waals surface area contributed by atoms with E-state index in [1.165, 1.54) is 10.8 Å². The SMILES string of the molecule is OC(c1ccc2ccccc2c1)c1ccc2ccccc2c1. The van der Waals surface area contributed by atoms with Crippen LogP contribution in [0.2, 0.25) is 0 Å². The maximum Gasteiger partial charge on any atom is 0.104 e. The van der Waals surface area contributed by atoms with Crippen molar-refractivity contribution >= 4 is 21.5 Å². The highest BCUT2D eigenvalue weighted by atomic mass is 16.3. The van der Waals surface area contributed by atoms with Crippen molar-refractivity contribution in [3.63, 3.8) is 0 Å². The summed E-state index contributed by atoms with van der Waals surface area (Å²) in [6, 6.07) is 28.7. The van der Waals surface area contributed by atoms with Crippen molar-refractivity contribution in [2.75, 3.05) is 0 Å². The third-order valence-corrected chi connectivity index (χ3v) is 4.18. The largest absolute Gasteiger partial charge is 0.384 e. The summed E-state index contributed by atoms with van der Waals surface area (Å²) in [5, 5.41) is 15.4. The van der Waals surface area contributed by atoms with Gasteiger partial charge in [0.1, 0.15) is 6.10 Å². The van der Waals surface area contributed by atoms with Crippen LogP contribution in [0.3, 0.4) is 0 Å². The summed E-state index contributed by atoms with van der Waals surface area (Å²) in [7, 11) is 0. The molecular formula is C21H16O. The fourth-order valence-electron chi connectivity index (χ4n) is 2.95. The molecule has 0 radical (unpaired) electrons. The van der Waals surface area contributed by atoms with Gasteiger partial charge in [0.15, 0.2) is 0 Å². The predicted molar refractivity (Wildman–Crippen MR) is 92.0 cm³/mol. The van der Waals surface area contributed by atoms with Crippen LogP contribution in [0.25, 0.3) is 21.5 Å². The number of fused-ring (bicyclic) bond motifs is 2. The fourth-order valence-corrected chi connectivity index (χ4v) is 2.95. The van der Waals surface area contributed by atoms with E-state index in [0.29, 0.717) is 0 Å². The standard InChI is InChI=1S/C21H16O/c22-21(19-11-9-15-5-1-3-7-17(15)13-19)20-12-10-16-6-2-4-8-18(16)14-20/h1-14,21-22H. The molecule has 1 N–H and O–H groups in total. The van der Waals surface area contributed by atoms with Crippen LogP contribution in [-0.4, -0.2) is 5.11 Å². The quantitative estimate of drug-likeness (QED) is 0.544. The fraction of sp³-hybridized carbons (Fsp3) is 0.0476. The van der Waals surface area contributed by atoms with Gasteiger partial charge in [-0.25, -0.2) is 0 Å². The Morgan fingerprint density at radius 3 is 1.36 bits per heavy atom. The Hall–Kier alpha value is -2.64. The highest BCUT2D eigenvalue weighted by molar-refractivity contribution is 5.84. The lowest BCUT2D eigenvalue weighted by Gasteiger charge is -2.13. The number of aliphatic hydroxyl groups is 1. The monoisotopic (exact) mass is 284 g/mol. The topological polar surface area (TPSA) is 20.2 Å². The molecule has 0 aliphatic carbocycles. The maximum absolute atomic E-state index is 10.7. The minimum Gasteiger partial charge on any atom is -0.384 e. The molecule has 0 aliphatic heterocycles. The van der Waals surface area contributed by atoms with Crippen molar-refractivity contribution in [3.8, 4) is 0 Å². The van der Waals surface area contributed by atoms with Gasteiger partial charge in [-0.2, -0.15) is 0 Å². The Morgan fingerprint density at radius 2 is 0.909 bits per heavy atom. The molecule has 22 heavy (non-hydrogen) atoms. The second kappa shape index (κ2) is 5.28. The van der Waals surface area contributed by atoms with Crippen molar-refractivity contribution in [3.05, 3.63) is 96.1 Å². The Labute approximate surface area is 129 Å². The highest BCUT2D eigenvalue weighted by Crippen LogP contribution is 2.27. The van der Waals surface area contributed by atoms with Crippen molar-refractivity contribution in [2.45, 2.75) is 6.10 Å². The average Bonchev–Trinajstić information content (AvgIpc) is 2.60. The molecule has 0 saturated carbocycles. The minimum absolute atomic E-state index is 0.603. The maximum atomic E-state index is 10.7. The van der Waals surface area contributed by atoms with Crippen molar-refractivity contribution in [1.29, 1.82) is 0 Å². The summed E-state index contributed by atoms with van der Waals surface area (Å²) in [5.74, 6) is 0. The molecular weight excluding hydrogens is 268 g/mol. The Bertz CT molecular complexity index is 876. The molecule has 4 aromatic carbocycles. The molecule has 1 heteroatoms. The molecule has 0 fully saturated rings. The lowest BCUT2D eigenvalue weighted by atomic mass is 9.97. The molecule has 4 aromatic rings. The lowest BCUT2D eigenvalue weighted by molar-refractivity contribution is 0.220. The summed E-state index contributed by atoms with van der Waals surface area (Å²) in [5.41, 5.74) is 1.85. The number of benzene rings is 4. The molecule has 0 amide bonds. The first-order valence-corrected chi connectivity index (χ1v) is 7.47. The second-order valence-corrected chi connectivity index (χ2v) is 5.62. The zero-order valence-corrected chi connectivity index (χ0v) is 12.1. The number of hydrogen-bond donors (Lipinski definition) is 1. The van der Waals surface area contributed by atoms with Gasteiger partial charge in [-0.1, -0.05) is 72.8 Å². The Balaban J connectivity index is 1.78. The van der Waals surface area contributed by atoms with E-state index in [4.69, 9.17) is 0 Å². The second-order valence-electron chi connectivity index (χ2n) is 5.62. The first kappa shape index (κ1) is 13.1. The molecule has 0 bridgehead atoms. The van der Waals surface area contributed by atoms with Crippen molar-refractivity contribution in [2.24, 2.45) is 0 Å². The zero-order chi connectivity index (χ0) is 14.9. The van der Waals surface area contributed by atoms with Gasteiger partial charge in [0, 0.05) is 0 Å². The van der Waals surface area contributed by atoms with Crippen molar-refractivity contribution < 1.29 is 5.11 Å². The van der Waals surface area contributed by atoms with Gasteiger partial charge in [0.05, 0.1) is 0 Å². The number of hydrogen-bond acceptors (Lipinski definition) is 1. The normalized spacial score (nSPS) is 11.4. The van der Waals surface area contributed by atoms with Crippen LogP contribution in [0.5, 0.6) is 0 Å². The van der Waals surface area contributed by atoms with E-state index in [-0.39, 0.29) is 0 Å². The van der Waals surface area contributed by atoms with Gasteiger partial charge < -0.3 is 5.11 Å². The van der Waals surface area contributed by atoms with Gasteiger partial charge >= 0.3 is 0 Å². The summed E-state index contributed by atoms with van der Waals surface area (Å²) in [6.45, 7) is 0. The molecule has 0 aromatic heterocycles. The van der Waals surface area contributed by atoms with E-state index in [2.05, 4.69) is 48.5 Å². The van der Waals surface area contributed by atoms with E-state index in [0.717, 1.165) is 21.9 Å². The Morgan fingerprint density at radius 1 is 0.500 bits per heavy atom. The Kier molecular flexibility index (Phi) is 3.14. The molecule has 0 unspecified atom stereocenters. The van der Waals surface area contributed by atoms with Crippen molar-refractivity contribution in [1.82, 2.24) is 0 Å². The van der Waals surface area contributed by atoms with Crippen LogP contribution in [-0.2, 0) is 0 Å². The molecule has 4 rings (SSSR count). The zero-order valence-electron chi connectivity index (χ0n) is 12.1. The third kappa shape index (κ3) is 2.26. The van der Waals surface area contributed by atoms with Gasteiger partial charge in [-0.05, 0) is 44.8 Å². The molecule has 0 aliphatic rings. The van der Waals surface area contributed by atoms with Crippen LogP contribution in [0.4, 0.5) is 0 Å². The summed E-state index contributed by atoms with van der Waals surface area (Å²) in [4.78, 5) is 0. The van der Waals surface area contributed by atoms with E-state index < -0.39 is 6.10 Å². The van der Waals surface area contributed by atoms with Crippen LogP contribution >= 0.6 is 0 Å². The van der Waals surface area contributed by atoms with E-state index in [1.807, 2.05) is 36.4 Å². The van der Waals surface area contributed by atoms with Gasteiger partial charge in [0.25, 0.3) is 0 Å². The van der Waals surface area contributed by atoms with Gasteiger partial charge in [0.2, 0.25) is 0 Å². The van der Waals surface area contributed by atoms with Crippen LogP contribution in [0.15, 0.2) is 84.9 Å². The average molecular weight is 284 g/mol. The van der Waals surface area contributed by atoms with Crippen LogP contribution in [0.1, 0.15) is 17.2 Å². The highest BCUT2D eigenvalue weighted by Gasteiger charge is 2.11. The molecule has 0 atom stereocenters. The van der Waals surface area contributed by atoms with E-state index in [1.54, 1.807) is 0 Å². The summed E-state index contributed by atoms with van der Waals surface area (Å²) >= 11 is 0. The lowest BCUT2D eigenvalue weighted by Crippen LogP contribution is -1.99. The summed E-state index contributed by atoms with van der Waals surface area (Å²) < 4.78 is 0. The predicted octanol–water partition coefficient (Wildman–Crippen LogP) is 5.07. The molecule has 106 valence electrons. The third-order valence-electron chi connectivity index (χ3n) is 4.18. The van der Waals surface area contributed by atoms with Crippen LogP contribution in [0, 0.1) is 0 Å². The molecule has 0 spiro atoms.